The van der Waals surface area contributed by atoms with Crippen LogP contribution >= 0.6 is 0 Å². The lowest BCUT2D eigenvalue weighted by Crippen LogP contribution is -2.24. The highest BCUT2D eigenvalue weighted by molar-refractivity contribution is 5.97. The Labute approximate surface area is 190 Å². The van der Waals surface area contributed by atoms with Gasteiger partial charge in [0.15, 0.2) is 12.4 Å². The van der Waals surface area contributed by atoms with Crippen molar-refractivity contribution in [2.24, 2.45) is 0 Å². The van der Waals surface area contributed by atoms with Crippen LogP contribution in [0.15, 0.2) is 77.6 Å². The molecular weight excluding hydrogens is 418 g/mol. The van der Waals surface area contributed by atoms with E-state index >= 15 is 0 Å². The van der Waals surface area contributed by atoms with Gasteiger partial charge >= 0.3 is 0 Å². The van der Waals surface area contributed by atoms with Gasteiger partial charge in [-0.25, -0.2) is 9.67 Å². The highest BCUT2D eigenvalue weighted by atomic mass is 16.5. The summed E-state index contributed by atoms with van der Waals surface area (Å²) in [5, 5.41) is 4.52. The number of aromatic nitrogens is 4. The van der Waals surface area contributed by atoms with Gasteiger partial charge in [0.1, 0.15) is 0 Å². The maximum absolute atomic E-state index is 12.6. The minimum atomic E-state index is -0.245. The van der Waals surface area contributed by atoms with Crippen LogP contribution in [0.25, 0.3) is 22.5 Å². The summed E-state index contributed by atoms with van der Waals surface area (Å²) in [4.78, 5) is 33.6. The molecule has 0 aliphatic rings. The largest absolute Gasteiger partial charge is 0.469 e. The van der Waals surface area contributed by atoms with Crippen molar-refractivity contribution in [3.63, 3.8) is 0 Å². The lowest BCUT2D eigenvalue weighted by atomic mass is 10.0. The monoisotopic (exact) mass is 441 g/mol. The molecule has 0 aliphatic carbocycles. The van der Waals surface area contributed by atoms with Crippen molar-refractivity contribution in [1.29, 1.82) is 0 Å². The summed E-state index contributed by atoms with van der Waals surface area (Å²) in [6.07, 6.45) is 0. The van der Waals surface area contributed by atoms with Crippen LogP contribution in [-0.4, -0.2) is 32.1 Å². The number of benzene rings is 2. The number of nitrogen functional groups attached to an aromatic ring is 1. The number of ether oxygens (including phenoxy) is 1. The molecule has 0 radical (unpaired) electrons. The van der Waals surface area contributed by atoms with Crippen molar-refractivity contribution in [1.82, 2.24) is 19.7 Å². The fourth-order valence-electron chi connectivity index (χ4n) is 3.37. The highest BCUT2D eigenvalue weighted by Crippen LogP contribution is 2.36. The Kier molecular flexibility index (Phi) is 6.26. The number of rotatable bonds is 7. The minimum absolute atomic E-state index is 0.00283. The average molecular weight is 441 g/mol. The first-order valence-corrected chi connectivity index (χ1v) is 10.5. The molecule has 0 aliphatic heterocycles. The van der Waals surface area contributed by atoms with Crippen LogP contribution in [-0.2, 0) is 0 Å². The van der Waals surface area contributed by atoms with E-state index in [0.717, 1.165) is 5.56 Å². The van der Waals surface area contributed by atoms with Gasteiger partial charge in [-0.05, 0) is 19.9 Å². The van der Waals surface area contributed by atoms with Gasteiger partial charge in [0.05, 0.1) is 23.0 Å². The molecule has 2 N–H and O–H groups in total. The van der Waals surface area contributed by atoms with E-state index in [1.54, 1.807) is 30.3 Å². The normalized spacial score (nSPS) is 10.9. The number of anilines is 1. The Morgan fingerprint density at radius 3 is 2.30 bits per heavy atom. The molecule has 0 atom stereocenters. The van der Waals surface area contributed by atoms with Crippen molar-refractivity contribution < 1.29 is 9.53 Å². The zero-order valence-corrected chi connectivity index (χ0v) is 18.3. The average Bonchev–Trinajstić information content (AvgIpc) is 2.83. The number of carbonyl (C=O) groups is 1. The molecule has 0 spiro atoms. The van der Waals surface area contributed by atoms with Gasteiger partial charge in [-0.3, -0.25) is 9.59 Å². The smallest absolute Gasteiger partial charge is 0.267 e. The molecule has 8 heteroatoms. The fourth-order valence-corrected chi connectivity index (χ4v) is 3.37. The fraction of sp³-hybridized carbons (Fsp3) is 0.160. The lowest BCUT2D eigenvalue weighted by Gasteiger charge is -2.16. The number of Topliss-reactive ketones (excluding diaryl/α,β-unsaturated/α-hetero) is 1. The van der Waals surface area contributed by atoms with E-state index in [4.69, 9.17) is 10.5 Å². The van der Waals surface area contributed by atoms with Crippen LogP contribution < -0.4 is 16.0 Å². The van der Waals surface area contributed by atoms with Crippen molar-refractivity contribution in [2.45, 2.75) is 19.9 Å². The third-order valence-corrected chi connectivity index (χ3v) is 4.95. The van der Waals surface area contributed by atoms with Crippen molar-refractivity contribution in [3.05, 3.63) is 88.7 Å². The third kappa shape index (κ3) is 4.79. The lowest BCUT2D eigenvalue weighted by molar-refractivity contribution is 0.0918. The van der Waals surface area contributed by atoms with E-state index in [1.165, 1.54) is 10.7 Å². The molecule has 0 amide bonds. The zero-order chi connectivity index (χ0) is 23.4. The second kappa shape index (κ2) is 9.44. The van der Waals surface area contributed by atoms with Gasteiger partial charge < -0.3 is 10.5 Å². The van der Waals surface area contributed by atoms with Crippen LogP contribution in [0.1, 0.15) is 30.2 Å². The molecule has 0 saturated heterocycles. The predicted octanol–water partition coefficient (Wildman–Crippen LogP) is 3.79. The quantitative estimate of drug-likeness (QED) is 0.434. The van der Waals surface area contributed by atoms with E-state index in [-0.39, 0.29) is 35.8 Å². The molecule has 2 aromatic heterocycles. The minimum Gasteiger partial charge on any atom is -0.469 e. The molecule has 4 rings (SSSR count). The van der Waals surface area contributed by atoms with Gasteiger partial charge in [0.2, 0.25) is 11.8 Å². The van der Waals surface area contributed by atoms with Gasteiger partial charge in [0, 0.05) is 17.2 Å². The Balaban J connectivity index is 1.84. The van der Waals surface area contributed by atoms with E-state index in [2.05, 4.69) is 15.1 Å². The number of nitrogens with zero attached hydrogens (tertiary/aromatic N) is 4. The Morgan fingerprint density at radius 1 is 0.970 bits per heavy atom. The van der Waals surface area contributed by atoms with Crippen LogP contribution in [0.5, 0.6) is 5.88 Å². The van der Waals surface area contributed by atoms with Crippen LogP contribution in [0.2, 0.25) is 0 Å². The van der Waals surface area contributed by atoms with Crippen LogP contribution in [0.4, 0.5) is 5.95 Å². The van der Waals surface area contributed by atoms with Gasteiger partial charge in [-0.2, -0.15) is 10.1 Å². The van der Waals surface area contributed by atoms with Crippen LogP contribution in [0, 0.1) is 0 Å². The molecule has 0 bridgehead atoms. The van der Waals surface area contributed by atoms with E-state index in [0.29, 0.717) is 22.5 Å². The number of ketones is 1. The highest BCUT2D eigenvalue weighted by Gasteiger charge is 2.22. The molecular formula is C25H23N5O3. The molecule has 0 fully saturated rings. The first kappa shape index (κ1) is 21.9. The Hall–Kier alpha value is -4.33. The van der Waals surface area contributed by atoms with E-state index in [1.807, 2.05) is 50.2 Å². The summed E-state index contributed by atoms with van der Waals surface area (Å²) < 4.78 is 7.25. The number of hydrogen-bond acceptors (Lipinski definition) is 7. The summed E-state index contributed by atoms with van der Waals surface area (Å²) in [6.45, 7) is 3.49. The molecule has 33 heavy (non-hydrogen) atoms. The molecule has 8 nitrogen and oxygen atoms in total. The summed E-state index contributed by atoms with van der Waals surface area (Å²) in [7, 11) is 0. The van der Waals surface area contributed by atoms with Gasteiger partial charge in [0.25, 0.3) is 5.56 Å². The van der Waals surface area contributed by atoms with Gasteiger partial charge in [-0.1, -0.05) is 60.7 Å². The SMILES string of the molecule is CC(C)n1nc(-c2c(OCC(=O)c3ccccc3)nc(N)nc2-c2ccccc2)ccc1=O. The maximum Gasteiger partial charge on any atom is 0.267 e. The zero-order valence-electron chi connectivity index (χ0n) is 18.3. The summed E-state index contributed by atoms with van der Waals surface area (Å²) >= 11 is 0. The number of carbonyl (C=O) groups excluding carboxylic acids is 1. The molecule has 2 heterocycles. The molecule has 0 saturated carbocycles. The second-order valence-corrected chi connectivity index (χ2v) is 7.65. The predicted molar refractivity (Wildman–Crippen MR) is 126 cm³/mol. The Morgan fingerprint density at radius 2 is 1.64 bits per heavy atom. The maximum atomic E-state index is 12.6. The molecule has 166 valence electrons. The first-order valence-electron chi connectivity index (χ1n) is 10.5. The van der Waals surface area contributed by atoms with Crippen molar-refractivity contribution >= 4 is 11.7 Å². The van der Waals surface area contributed by atoms with Crippen molar-refractivity contribution in [3.8, 4) is 28.4 Å². The summed E-state index contributed by atoms with van der Waals surface area (Å²) in [6, 6.07) is 21.1. The first-order chi connectivity index (χ1) is 15.9. The number of hydrogen-bond donors (Lipinski definition) is 1. The molecule has 2 aromatic carbocycles. The van der Waals surface area contributed by atoms with Crippen molar-refractivity contribution in [2.75, 3.05) is 12.3 Å². The van der Waals surface area contributed by atoms with Gasteiger partial charge in [-0.15, -0.1) is 0 Å². The molecule has 0 unspecified atom stereocenters. The topological polar surface area (TPSA) is 113 Å². The van der Waals surface area contributed by atoms with E-state index < -0.39 is 0 Å². The van der Waals surface area contributed by atoms with Crippen LogP contribution in [0.3, 0.4) is 0 Å². The van der Waals surface area contributed by atoms with E-state index in [9.17, 15) is 9.59 Å². The standard InChI is InChI=1S/C25H23N5O3/c1-16(2)30-21(32)14-13-19(29-30)22-23(18-11-7-4-8-12-18)27-25(26)28-24(22)33-15-20(31)17-9-5-3-6-10-17/h3-14,16H,15H2,1-2H3,(H2,26,27,28). The summed E-state index contributed by atoms with van der Waals surface area (Å²) in [5.74, 6) is -0.0934. The summed E-state index contributed by atoms with van der Waals surface area (Å²) in [5.41, 5.74) is 8.44. The third-order valence-electron chi connectivity index (χ3n) is 4.95. The second-order valence-electron chi connectivity index (χ2n) is 7.65. The molecule has 4 aromatic rings. The Bertz CT molecular complexity index is 1340. The number of nitrogens with two attached hydrogens (primary N) is 1.